The van der Waals surface area contributed by atoms with Gasteiger partial charge in [0.2, 0.25) is 0 Å². The van der Waals surface area contributed by atoms with E-state index in [-0.39, 0.29) is 0 Å². The summed E-state index contributed by atoms with van der Waals surface area (Å²) in [6, 6.07) is 0.433. The molecule has 1 aliphatic rings. The fourth-order valence-electron chi connectivity index (χ4n) is 2.12. The molecule has 2 atom stereocenters. The van der Waals surface area contributed by atoms with Crippen LogP contribution in [0.4, 0.5) is 0 Å². The molecule has 12 heavy (non-hydrogen) atoms. The van der Waals surface area contributed by atoms with Crippen LogP contribution in [0.2, 0.25) is 0 Å². The van der Waals surface area contributed by atoms with Gasteiger partial charge in [-0.15, -0.1) is 0 Å². The summed E-state index contributed by atoms with van der Waals surface area (Å²) in [4.78, 5) is 2.43. The molecule has 2 nitrogen and oxygen atoms in total. The standard InChI is InChI=1S/C10H21NO/c1-8(2)5-11-6-9(3)4-10(11)7-12/h8-10,12H,4-7H2,1-3H3/t9-,10-/m0/s1. The molecule has 1 saturated heterocycles. The van der Waals surface area contributed by atoms with Gasteiger partial charge in [0, 0.05) is 19.1 Å². The molecule has 1 fully saturated rings. The lowest BCUT2D eigenvalue weighted by molar-refractivity contribution is 0.147. The predicted octanol–water partition coefficient (Wildman–Crippen LogP) is 1.35. The van der Waals surface area contributed by atoms with E-state index in [0.29, 0.717) is 18.6 Å². The highest BCUT2D eigenvalue weighted by Crippen LogP contribution is 2.22. The van der Waals surface area contributed by atoms with Gasteiger partial charge < -0.3 is 5.11 Å². The van der Waals surface area contributed by atoms with Crippen LogP contribution in [0.15, 0.2) is 0 Å². The maximum absolute atomic E-state index is 9.13. The van der Waals surface area contributed by atoms with Gasteiger partial charge in [0.1, 0.15) is 0 Å². The third kappa shape index (κ3) is 2.46. The molecule has 0 aromatic heterocycles. The van der Waals surface area contributed by atoms with Crippen molar-refractivity contribution in [2.24, 2.45) is 11.8 Å². The molecule has 0 radical (unpaired) electrons. The Morgan fingerprint density at radius 1 is 1.50 bits per heavy atom. The Morgan fingerprint density at radius 3 is 2.67 bits per heavy atom. The van der Waals surface area contributed by atoms with Crippen LogP contribution in [-0.4, -0.2) is 35.7 Å². The van der Waals surface area contributed by atoms with Crippen LogP contribution < -0.4 is 0 Å². The zero-order valence-corrected chi connectivity index (χ0v) is 8.45. The van der Waals surface area contributed by atoms with Crippen LogP contribution in [0.5, 0.6) is 0 Å². The third-order valence-electron chi connectivity index (χ3n) is 2.55. The average Bonchev–Trinajstić information content (AvgIpc) is 2.29. The van der Waals surface area contributed by atoms with Crippen molar-refractivity contribution < 1.29 is 5.11 Å². The predicted molar refractivity (Wildman–Crippen MR) is 51.1 cm³/mol. The van der Waals surface area contributed by atoms with Crippen LogP contribution >= 0.6 is 0 Å². The molecule has 0 unspecified atom stereocenters. The first-order valence-electron chi connectivity index (χ1n) is 4.98. The highest BCUT2D eigenvalue weighted by atomic mass is 16.3. The molecule has 0 aliphatic carbocycles. The minimum absolute atomic E-state index is 0.330. The molecule has 0 spiro atoms. The fourth-order valence-corrected chi connectivity index (χ4v) is 2.12. The second kappa shape index (κ2) is 4.24. The second-order valence-electron chi connectivity index (χ2n) is 4.53. The first kappa shape index (κ1) is 10.0. The van der Waals surface area contributed by atoms with Crippen molar-refractivity contribution in [1.29, 1.82) is 0 Å². The third-order valence-corrected chi connectivity index (χ3v) is 2.55. The Morgan fingerprint density at radius 2 is 2.17 bits per heavy atom. The Kier molecular flexibility index (Phi) is 3.53. The first-order chi connectivity index (χ1) is 5.63. The Labute approximate surface area is 75.6 Å². The van der Waals surface area contributed by atoms with E-state index in [1.165, 1.54) is 13.0 Å². The summed E-state index contributed by atoms with van der Waals surface area (Å²) in [7, 11) is 0. The van der Waals surface area contributed by atoms with E-state index in [9.17, 15) is 0 Å². The number of nitrogens with zero attached hydrogens (tertiary/aromatic N) is 1. The van der Waals surface area contributed by atoms with Gasteiger partial charge >= 0.3 is 0 Å². The van der Waals surface area contributed by atoms with Gasteiger partial charge in [-0.2, -0.15) is 0 Å². The largest absolute Gasteiger partial charge is 0.395 e. The van der Waals surface area contributed by atoms with Gasteiger partial charge in [-0.05, 0) is 18.3 Å². The molecule has 0 aromatic carbocycles. The summed E-state index contributed by atoms with van der Waals surface area (Å²) in [6.45, 7) is 9.37. The van der Waals surface area contributed by atoms with Crippen molar-refractivity contribution in [2.75, 3.05) is 19.7 Å². The number of hydrogen-bond donors (Lipinski definition) is 1. The second-order valence-corrected chi connectivity index (χ2v) is 4.53. The molecular weight excluding hydrogens is 150 g/mol. The highest BCUT2D eigenvalue weighted by Gasteiger charge is 2.28. The van der Waals surface area contributed by atoms with Crippen LogP contribution in [0.3, 0.4) is 0 Å². The summed E-state index contributed by atoms with van der Waals surface area (Å²) in [5.74, 6) is 1.48. The van der Waals surface area contributed by atoms with Crippen molar-refractivity contribution >= 4 is 0 Å². The van der Waals surface area contributed by atoms with Crippen LogP contribution in [0.1, 0.15) is 27.2 Å². The van der Waals surface area contributed by atoms with Crippen LogP contribution in [-0.2, 0) is 0 Å². The normalized spacial score (nSPS) is 31.8. The van der Waals surface area contributed by atoms with E-state index < -0.39 is 0 Å². The number of hydrogen-bond acceptors (Lipinski definition) is 2. The van der Waals surface area contributed by atoms with E-state index in [4.69, 9.17) is 5.11 Å². The summed E-state index contributed by atoms with van der Waals surface area (Å²) in [5, 5.41) is 9.13. The van der Waals surface area contributed by atoms with Gasteiger partial charge in [0.15, 0.2) is 0 Å². The minimum Gasteiger partial charge on any atom is -0.395 e. The molecule has 0 bridgehead atoms. The number of rotatable bonds is 3. The Balaban J connectivity index is 2.40. The molecule has 2 heteroatoms. The molecule has 0 amide bonds. The molecule has 0 saturated carbocycles. The van der Waals surface area contributed by atoms with E-state index >= 15 is 0 Å². The van der Waals surface area contributed by atoms with Gasteiger partial charge in [-0.1, -0.05) is 20.8 Å². The Hall–Kier alpha value is -0.0800. The van der Waals surface area contributed by atoms with Crippen molar-refractivity contribution in [2.45, 2.75) is 33.2 Å². The topological polar surface area (TPSA) is 23.5 Å². The highest BCUT2D eigenvalue weighted by molar-refractivity contribution is 4.82. The minimum atomic E-state index is 0.330. The maximum atomic E-state index is 9.13. The lowest BCUT2D eigenvalue weighted by atomic mass is 10.1. The smallest absolute Gasteiger partial charge is 0.0586 e. The van der Waals surface area contributed by atoms with Gasteiger partial charge in [0.25, 0.3) is 0 Å². The van der Waals surface area contributed by atoms with E-state index in [1.54, 1.807) is 0 Å². The number of aliphatic hydroxyl groups excluding tert-OH is 1. The van der Waals surface area contributed by atoms with Crippen molar-refractivity contribution in [1.82, 2.24) is 4.90 Å². The quantitative estimate of drug-likeness (QED) is 0.693. The van der Waals surface area contributed by atoms with Crippen LogP contribution in [0.25, 0.3) is 0 Å². The van der Waals surface area contributed by atoms with Crippen LogP contribution in [0, 0.1) is 11.8 Å². The SMILES string of the molecule is CC(C)CN1C[C@@H](C)C[C@H]1CO. The van der Waals surface area contributed by atoms with E-state index in [2.05, 4.69) is 25.7 Å². The molecule has 1 aliphatic heterocycles. The summed E-state index contributed by atoms with van der Waals surface area (Å²) >= 11 is 0. The molecule has 0 aromatic rings. The van der Waals surface area contributed by atoms with Gasteiger partial charge in [-0.25, -0.2) is 0 Å². The van der Waals surface area contributed by atoms with Crippen molar-refractivity contribution in [3.63, 3.8) is 0 Å². The molecule has 1 heterocycles. The van der Waals surface area contributed by atoms with Gasteiger partial charge in [0.05, 0.1) is 6.61 Å². The summed E-state index contributed by atoms with van der Waals surface area (Å²) in [5.41, 5.74) is 0. The molecule has 1 N–H and O–H groups in total. The number of likely N-dealkylation sites (tertiary alicyclic amines) is 1. The van der Waals surface area contributed by atoms with E-state index in [1.807, 2.05) is 0 Å². The fraction of sp³-hybridized carbons (Fsp3) is 1.00. The average molecular weight is 171 g/mol. The zero-order valence-electron chi connectivity index (χ0n) is 8.45. The maximum Gasteiger partial charge on any atom is 0.0586 e. The lowest BCUT2D eigenvalue weighted by Crippen LogP contribution is -2.35. The lowest BCUT2D eigenvalue weighted by Gasteiger charge is -2.24. The van der Waals surface area contributed by atoms with Gasteiger partial charge in [-0.3, -0.25) is 4.90 Å². The Bertz CT molecular complexity index is 136. The van der Waals surface area contributed by atoms with E-state index in [0.717, 1.165) is 12.5 Å². The molecule has 1 rings (SSSR count). The molecule has 72 valence electrons. The molecular formula is C10H21NO. The zero-order chi connectivity index (χ0) is 9.14. The van der Waals surface area contributed by atoms with Crippen molar-refractivity contribution in [3.05, 3.63) is 0 Å². The first-order valence-corrected chi connectivity index (χ1v) is 4.98. The number of aliphatic hydroxyl groups is 1. The monoisotopic (exact) mass is 171 g/mol. The summed E-state index contributed by atoms with van der Waals surface area (Å²) in [6.07, 6.45) is 1.17. The van der Waals surface area contributed by atoms with Crippen molar-refractivity contribution in [3.8, 4) is 0 Å². The summed E-state index contributed by atoms with van der Waals surface area (Å²) < 4.78 is 0.